The van der Waals surface area contributed by atoms with Gasteiger partial charge in [-0.3, -0.25) is 9.48 Å². The third-order valence-electron chi connectivity index (χ3n) is 4.45. The Hall–Kier alpha value is -2.35. The maximum absolute atomic E-state index is 12.7. The Kier molecular flexibility index (Phi) is 4.55. The molecule has 1 aliphatic rings. The van der Waals surface area contributed by atoms with Gasteiger partial charge in [-0.2, -0.15) is 5.10 Å². The molecule has 1 saturated heterocycles. The highest BCUT2D eigenvalue weighted by molar-refractivity contribution is 7.91. The number of sulfone groups is 1. The second kappa shape index (κ2) is 6.51. The van der Waals surface area contributed by atoms with Gasteiger partial charge in [0, 0.05) is 11.4 Å². The molecule has 0 bridgehead atoms. The normalized spacial score (nSPS) is 18.9. The molecule has 8 heteroatoms. The summed E-state index contributed by atoms with van der Waals surface area (Å²) in [6.45, 7) is 3.56. The van der Waals surface area contributed by atoms with Crippen molar-refractivity contribution in [1.29, 1.82) is 0 Å². The van der Waals surface area contributed by atoms with Crippen LogP contribution in [0.25, 0.3) is 0 Å². The van der Waals surface area contributed by atoms with Gasteiger partial charge in [0.05, 0.1) is 35.9 Å². The van der Waals surface area contributed by atoms with Crippen LogP contribution in [0.3, 0.4) is 0 Å². The number of anilines is 1. The first-order valence-electron chi connectivity index (χ1n) is 8.02. The van der Waals surface area contributed by atoms with E-state index in [1.165, 1.54) is 0 Å². The van der Waals surface area contributed by atoms with Crippen LogP contribution in [0, 0.1) is 13.8 Å². The second-order valence-corrected chi connectivity index (χ2v) is 8.46. The average Bonchev–Trinajstić information content (AvgIpc) is 3.07. The zero-order valence-corrected chi connectivity index (χ0v) is 15.3. The molecule has 1 amide bonds. The van der Waals surface area contributed by atoms with E-state index in [1.807, 2.05) is 0 Å². The molecule has 1 N–H and O–H groups in total. The summed E-state index contributed by atoms with van der Waals surface area (Å²) in [4.78, 5) is 12.7. The largest absolute Gasteiger partial charge is 0.497 e. The van der Waals surface area contributed by atoms with Gasteiger partial charge >= 0.3 is 0 Å². The van der Waals surface area contributed by atoms with E-state index < -0.39 is 9.84 Å². The highest BCUT2D eigenvalue weighted by atomic mass is 32.2. The Labute approximate surface area is 146 Å². The summed E-state index contributed by atoms with van der Waals surface area (Å²) in [5.74, 6) is 0.700. The Morgan fingerprint density at radius 2 is 1.96 bits per heavy atom. The summed E-state index contributed by atoms with van der Waals surface area (Å²) in [6, 6.07) is 6.85. The third kappa shape index (κ3) is 3.53. The van der Waals surface area contributed by atoms with Gasteiger partial charge < -0.3 is 10.1 Å². The van der Waals surface area contributed by atoms with Gasteiger partial charge in [0.25, 0.3) is 5.91 Å². The summed E-state index contributed by atoms with van der Waals surface area (Å²) >= 11 is 0. The van der Waals surface area contributed by atoms with Gasteiger partial charge in [-0.25, -0.2) is 8.42 Å². The van der Waals surface area contributed by atoms with Gasteiger partial charge in [-0.1, -0.05) is 0 Å². The zero-order chi connectivity index (χ0) is 18.2. The molecule has 1 fully saturated rings. The van der Waals surface area contributed by atoms with Gasteiger partial charge in [-0.05, 0) is 44.5 Å². The molecule has 0 aliphatic carbocycles. The summed E-state index contributed by atoms with van der Waals surface area (Å²) in [7, 11) is -1.43. The Morgan fingerprint density at radius 3 is 2.52 bits per heavy atom. The fourth-order valence-electron chi connectivity index (χ4n) is 3.18. The minimum absolute atomic E-state index is 0.0779. The molecular weight excluding hydrogens is 342 g/mol. The summed E-state index contributed by atoms with van der Waals surface area (Å²) in [5, 5.41) is 7.26. The van der Waals surface area contributed by atoms with Crippen LogP contribution in [-0.2, 0) is 9.84 Å². The van der Waals surface area contributed by atoms with E-state index in [2.05, 4.69) is 10.4 Å². The van der Waals surface area contributed by atoms with Crippen molar-refractivity contribution in [1.82, 2.24) is 9.78 Å². The fraction of sp³-hybridized carbons (Fsp3) is 0.412. The number of carbonyl (C=O) groups is 1. The number of nitrogens with one attached hydrogen (secondary N) is 1. The molecule has 25 heavy (non-hydrogen) atoms. The fourth-order valence-corrected chi connectivity index (χ4v) is 4.88. The average molecular weight is 363 g/mol. The Balaban J connectivity index is 1.83. The van der Waals surface area contributed by atoms with Gasteiger partial charge in [-0.15, -0.1) is 0 Å². The zero-order valence-electron chi connectivity index (χ0n) is 14.4. The minimum Gasteiger partial charge on any atom is -0.497 e. The van der Waals surface area contributed by atoms with Crippen LogP contribution in [-0.4, -0.2) is 42.7 Å². The lowest BCUT2D eigenvalue weighted by molar-refractivity contribution is 0.102. The number of aromatic nitrogens is 2. The summed E-state index contributed by atoms with van der Waals surface area (Å²) in [6.07, 6.45) is 0.532. The van der Waals surface area contributed by atoms with Crippen molar-refractivity contribution < 1.29 is 17.9 Å². The van der Waals surface area contributed by atoms with Crippen molar-refractivity contribution in [3.05, 3.63) is 41.2 Å². The van der Waals surface area contributed by atoms with Crippen molar-refractivity contribution in [2.75, 3.05) is 23.9 Å². The maximum Gasteiger partial charge on any atom is 0.259 e. The van der Waals surface area contributed by atoms with Gasteiger partial charge in [0.1, 0.15) is 5.75 Å². The second-order valence-electron chi connectivity index (χ2n) is 6.23. The molecule has 134 valence electrons. The maximum atomic E-state index is 12.7. The van der Waals surface area contributed by atoms with E-state index in [9.17, 15) is 13.2 Å². The number of rotatable bonds is 4. The number of aryl methyl sites for hydroxylation is 1. The van der Waals surface area contributed by atoms with Crippen LogP contribution in [0.1, 0.15) is 34.2 Å². The van der Waals surface area contributed by atoms with Crippen LogP contribution in [0.2, 0.25) is 0 Å². The molecule has 2 aromatic rings. The van der Waals surface area contributed by atoms with Crippen LogP contribution in [0.15, 0.2) is 24.3 Å². The lowest BCUT2D eigenvalue weighted by Crippen LogP contribution is -2.16. The summed E-state index contributed by atoms with van der Waals surface area (Å²) in [5.41, 5.74) is 2.42. The molecule has 7 nitrogen and oxygen atoms in total. The quantitative estimate of drug-likeness (QED) is 0.899. The number of amides is 1. The smallest absolute Gasteiger partial charge is 0.259 e. The first-order chi connectivity index (χ1) is 11.8. The molecule has 3 rings (SSSR count). The number of methoxy groups -OCH3 is 1. The molecule has 0 unspecified atom stereocenters. The minimum atomic E-state index is -3.01. The number of hydrogen-bond acceptors (Lipinski definition) is 5. The predicted molar refractivity (Wildman–Crippen MR) is 95.0 cm³/mol. The van der Waals surface area contributed by atoms with Crippen LogP contribution >= 0.6 is 0 Å². The number of nitrogens with zero attached hydrogens (tertiary/aromatic N) is 2. The summed E-state index contributed by atoms with van der Waals surface area (Å²) < 4.78 is 30.2. The van der Waals surface area contributed by atoms with Gasteiger partial charge in [0.2, 0.25) is 0 Å². The molecular formula is C17H21N3O4S. The van der Waals surface area contributed by atoms with E-state index in [0.29, 0.717) is 34.8 Å². The Morgan fingerprint density at radius 1 is 1.28 bits per heavy atom. The first-order valence-corrected chi connectivity index (χ1v) is 9.84. The van der Waals surface area contributed by atoms with Crippen LogP contribution in [0.4, 0.5) is 5.69 Å². The van der Waals surface area contributed by atoms with Crippen molar-refractivity contribution in [2.45, 2.75) is 26.3 Å². The SMILES string of the molecule is COc1ccc(NC(=O)c2c(C)nn([C@H]3CCS(=O)(=O)C3)c2C)cc1. The molecule has 1 aliphatic heterocycles. The monoisotopic (exact) mass is 363 g/mol. The standard InChI is InChI=1S/C17H21N3O4S/c1-11-16(17(21)18-13-4-6-15(24-3)7-5-13)12(2)20(19-11)14-8-9-25(22,23)10-14/h4-7,14H,8-10H2,1-3H3,(H,18,21)/t14-/m0/s1. The highest BCUT2D eigenvalue weighted by Crippen LogP contribution is 2.27. The molecule has 1 aromatic heterocycles. The highest BCUT2D eigenvalue weighted by Gasteiger charge is 2.32. The molecule has 1 atom stereocenters. The van der Waals surface area contributed by atoms with Crippen molar-refractivity contribution in [3.63, 3.8) is 0 Å². The van der Waals surface area contributed by atoms with Crippen LogP contribution in [0.5, 0.6) is 5.75 Å². The Bertz CT molecular complexity index is 901. The number of hydrogen-bond donors (Lipinski definition) is 1. The van der Waals surface area contributed by atoms with Crippen molar-refractivity contribution in [2.24, 2.45) is 0 Å². The lowest BCUT2D eigenvalue weighted by atomic mass is 10.1. The molecule has 0 spiro atoms. The number of carbonyl (C=O) groups excluding carboxylic acids is 1. The number of benzene rings is 1. The topological polar surface area (TPSA) is 90.3 Å². The van der Waals surface area contributed by atoms with Crippen molar-refractivity contribution in [3.8, 4) is 5.75 Å². The van der Waals surface area contributed by atoms with E-state index in [-0.39, 0.29) is 23.5 Å². The molecule has 0 radical (unpaired) electrons. The molecule has 0 saturated carbocycles. The van der Waals surface area contributed by atoms with Gasteiger partial charge in [0.15, 0.2) is 9.84 Å². The van der Waals surface area contributed by atoms with Crippen LogP contribution < -0.4 is 10.1 Å². The van der Waals surface area contributed by atoms with E-state index >= 15 is 0 Å². The van der Waals surface area contributed by atoms with E-state index in [0.717, 1.165) is 0 Å². The van der Waals surface area contributed by atoms with Crippen molar-refractivity contribution >= 4 is 21.4 Å². The third-order valence-corrected chi connectivity index (χ3v) is 6.20. The van der Waals surface area contributed by atoms with E-state index in [4.69, 9.17) is 4.74 Å². The predicted octanol–water partition coefficient (Wildman–Crippen LogP) is 2.12. The van der Waals surface area contributed by atoms with E-state index in [1.54, 1.807) is 49.9 Å². The first kappa shape index (κ1) is 17.5. The molecule has 2 heterocycles. The number of ether oxygens (including phenoxy) is 1. The molecule has 1 aromatic carbocycles. The lowest BCUT2D eigenvalue weighted by Gasteiger charge is -2.11.